The normalized spacial score (nSPS) is 10.9. The number of aryl methyl sites for hydroxylation is 1. The van der Waals surface area contributed by atoms with E-state index in [0.717, 1.165) is 14.1 Å². The van der Waals surface area contributed by atoms with Crippen LogP contribution in [0.5, 0.6) is 0 Å². The van der Waals surface area contributed by atoms with Crippen LogP contribution in [0.2, 0.25) is 0 Å². The SMILES string of the molecule is Cn1cc(I)c(-c2nc(-c3cccs3)no2)n1. The second kappa shape index (κ2) is 4.22. The summed E-state index contributed by atoms with van der Waals surface area (Å²) in [6.07, 6.45) is 1.91. The first-order chi connectivity index (χ1) is 8.24. The predicted molar refractivity (Wildman–Crippen MR) is 72.5 cm³/mol. The first kappa shape index (κ1) is 10.9. The predicted octanol–water partition coefficient (Wildman–Crippen LogP) is 2.80. The van der Waals surface area contributed by atoms with Crippen LogP contribution in [0.1, 0.15) is 0 Å². The van der Waals surface area contributed by atoms with Crippen LogP contribution in [0.3, 0.4) is 0 Å². The molecule has 3 rings (SSSR count). The summed E-state index contributed by atoms with van der Waals surface area (Å²) in [5.41, 5.74) is 0.725. The number of halogens is 1. The van der Waals surface area contributed by atoms with Crippen molar-refractivity contribution in [3.63, 3.8) is 0 Å². The molecule has 0 N–H and O–H groups in total. The van der Waals surface area contributed by atoms with Crippen molar-refractivity contribution in [2.24, 2.45) is 7.05 Å². The van der Waals surface area contributed by atoms with E-state index in [2.05, 4.69) is 37.8 Å². The molecular formula is C10H7IN4OS. The zero-order valence-corrected chi connectivity index (χ0v) is 11.8. The molecule has 3 heterocycles. The maximum atomic E-state index is 5.23. The summed E-state index contributed by atoms with van der Waals surface area (Å²) in [7, 11) is 1.86. The monoisotopic (exact) mass is 358 g/mol. The highest BCUT2D eigenvalue weighted by Crippen LogP contribution is 2.26. The van der Waals surface area contributed by atoms with Crippen molar-refractivity contribution in [3.8, 4) is 22.3 Å². The molecule has 0 bridgehead atoms. The Labute approximate surface area is 115 Å². The van der Waals surface area contributed by atoms with Gasteiger partial charge in [0.15, 0.2) is 5.69 Å². The summed E-state index contributed by atoms with van der Waals surface area (Å²) in [4.78, 5) is 5.34. The van der Waals surface area contributed by atoms with E-state index in [9.17, 15) is 0 Å². The summed E-state index contributed by atoms with van der Waals surface area (Å²) in [6.45, 7) is 0. The highest BCUT2D eigenvalue weighted by atomic mass is 127. The molecule has 0 amide bonds. The number of thiophene rings is 1. The lowest BCUT2D eigenvalue weighted by atomic mass is 10.4. The first-order valence-electron chi connectivity index (χ1n) is 4.81. The van der Waals surface area contributed by atoms with E-state index in [1.165, 1.54) is 0 Å². The van der Waals surface area contributed by atoms with Gasteiger partial charge in [-0.15, -0.1) is 11.3 Å². The van der Waals surface area contributed by atoms with Gasteiger partial charge >= 0.3 is 0 Å². The van der Waals surface area contributed by atoms with Crippen LogP contribution in [0, 0.1) is 3.57 Å². The molecule has 3 aromatic heterocycles. The molecule has 5 nitrogen and oxygen atoms in total. The summed E-state index contributed by atoms with van der Waals surface area (Å²) < 4.78 is 7.95. The lowest BCUT2D eigenvalue weighted by Gasteiger charge is -1.86. The van der Waals surface area contributed by atoms with Crippen LogP contribution in [0.15, 0.2) is 28.2 Å². The van der Waals surface area contributed by atoms with E-state index in [1.807, 2.05) is 30.8 Å². The van der Waals surface area contributed by atoms with Crippen molar-refractivity contribution in [2.75, 3.05) is 0 Å². The molecule has 0 saturated carbocycles. The number of nitrogens with zero attached hydrogens (tertiary/aromatic N) is 4. The zero-order chi connectivity index (χ0) is 11.8. The molecule has 0 radical (unpaired) electrons. The van der Waals surface area contributed by atoms with Crippen molar-refractivity contribution < 1.29 is 4.52 Å². The lowest BCUT2D eigenvalue weighted by molar-refractivity contribution is 0.430. The second-order valence-electron chi connectivity index (χ2n) is 3.40. The fourth-order valence-electron chi connectivity index (χ4n) is 1.43. The maximum absolute atomic E-state index is 5.23. The van der Waals surface area contributed by atoms with Gasteiger partial charge in [0.2, 0.25) is 5.82 Å². The minimum absolute atomic E-state index is 0.457. The molecule has 0 unspecified atom stereocenters. The van der Waals surface area contributed by atoms with Crippen LogP contribution in [0.25, 0.3) is 22.3 Å². The van der Waals surface area contributed by atoms with E-state index in [0.29, 0.717) is 11.7 Å². The molecular weight excluding hydrogens is 351 g/mol. The van der Waals surface area contributed by atoms with Crippen LogP contribution in [-0.2, 0) is 7.05 Å². The topological polar surface area (TPSA) is 56.7 Å². The van der Waals surface area contributed by atoms with Crippen molar-refractivity contribution in [1.29, 1.82) is 0 Å². The number of aromatic nitrogens is 4. The van der Waals surface area contributed by atoms with Crippen LogP contribution < -0.4 is 0 Å². The Hall–Kier alpha value is -1.22. The Morgan fingerprint density at radius 3 is 3.00 bits per heavy atom. The summed E-state index contributed by atoms with van der Waals surface area (Å²) in [5.74, 6) is 1.06. The van der Waals surface area contributed by atoms with Gasteiger partial charge in [-0.2, -0.15) is 10.1 Å². The molecule has 0 fully saturated rings. The second-order valence-corrected chi connectivity index (χ2v) is 5.51. The van der Waals surface area contributed by atoms with E-state index < -0.39 is 0 Å². The average molecular weight is 358 g/mol. The largest absolute Gasteiger partial charge is 0.332 e. The lowest BCUT2D eigenvalue weighted by Crippen LogP contribution is -1.87. The molecule has 7 heteroatoms. The zero-order valence-electron chi connectivity index (χ0n) is 8.79. The summed E-state index contributed by atoms with van der Waals surface area (Å²) in [5, 5.41) is 10.2. The molecule has 86 valence electrons. The smallest absolute Gasteiger partial charge is 0.279 e. The van der Waals surface area contributed by atoms with Gasteiger partial charge in [0.25, 0.3) is 5.89 Å². The van der Waals surface area contributed by atoms with Gasteiger partial charge in [-0.1, -0.05) is 11.2 Å². The van der Waals surface area contributed by atoms with Gasteiger partial charge in [-0.05, 0) is 34.0 Å². The molecule has 0 atom stereocenters. The van der Waals surface area contributed by atoms with Gasteiger partial charge in [-0.25, -0.2) is 0 Å². The molecule has 0 aromatic carbocycles. The van der Waals surface area contributed by atoms with Crippen molar-refractivity contribution in [1.82, 2.24) is 19.9 Å². The van der Waals surface area contributed by atoms with E-state index in [-0.39, 0.29) is 0 Å². The molecule has 0 aliphatic rings. The fourth-order valence-corrected chi connectivity index (χ4v) is 2.82. The van der Waals surface area contributed by atoms with Gasteiger partial charge < -0.3 is 4.52 Å². The molecule has 3 aromatic rings. The third kappa shape index (κ3) is 2.00. The van der Waals surface area contributed by atoms with Crippen LogP contribution in [0.4, 0.5) is 0 Å². The first-order valence-corrected chi connectivity index (χ1v) is 6.77. The molecule has 0 aliphatic heterocycles. The standard InChI is InChI=1S/C10H7IN4OS/c1-15-5-6(11)8(13-15)10-12-9(14-16-10)7-3-2-4-17-7/h2-5H,1H3. The minimum Gasteiger partial charge on any atom is -0.332 e. The highest BCUT2D eigenvalue weighted by molar-refractivity contribution is 14.1. The number of rotatable bonds is 2. The van der Waals surface area contributed by atoms with Gasteiger partial charge in [0.1, 0.15) is 0 Å². The fraction of sp³-hybridized carbons (Fsp3) is 0.100. The Balaban J connectivity index is 2.03. The third-order valence-electron chi connectivity index (χ3n) is 2.15. The molecule has 0 spiro atoms. The molecule has 0 aliphatic carbocycles. The minimum atomic E-state index is 0.457. The average Bonchev–Trinajstić information content (AvgIpc) is 2.97. The Morgan fingerprint density at radius 1 is 1.47 bits per heavy atom. The van der Waals surface area contributed by atoms with Gasteiger partial charge in [-0.3, -0.25) is 4.68 Å². The summed E-state index contributed by atoms with van der Waals surface area (Å²) >= 11 is 3.78. The Kier molecular flexibility index (Phi) is 2.71. The quantitative estimate of drug-likeness (QED) is 0.661. The maximum Gasteiger partial charge on any atom is 0.279 e. The Morgan fingerprint density at radius 2 is 2.35 bits per heavy atom. The van der Waals surface area contributed by atoms with Crippen molar-refractivity contribution in [3.05, 3.63) is 27.3 Å². The van der Waals surface area contributed by atoms with Gasteiger partial charge in [0, 0.05) is 13.2 Å². The Bertz CT molecular complexity index is 643. The van der Waals surface area contributed by atoms with Crippen molar-refractivity contribution >= 4 is 33.9 Å². The van der Waals surface area contributed by atoms with Crippen molar-refractivity contribution in [2.45, 2.75) is 0 Å². The van der Waals surface area contributed by atoms with E-state index in [4.69, 9.17) is 4.52 Å². The number of hydrogen-bond acceptors (Lipinski definition) is 5. The molecule has 17 heavy (non-hydrogen) atoms. The van der Waals surface area contributed by atoms with Crippen LogP contribution in [-0.4, -0.2) is 19.9 Å². The van der Waals surface area contributed by atoms with Crippen LogP contribution >= 0.6 is 33.9 Å². The number of hydrogen-bond donors (Lipinski definition) is 0. The molecule has 0 saturated heterocycles. The van der Waals surface area contributed by atoms with Gasteiger partial charge in [0.05, 0.1) is 8.45 Å². The third-order valence-corrected chi connectivity index (χ3v) is 3.81. The summed E-state index contributed by atoms with van der Waals surface area (Å²) in [6, 6.07) is 3.92. The van der Waals surface area contributed by atoms with E-state index in [1.54, 1.807) is 16.0 Å². The van der Waals surface area contributed by atoms with E-state index >= 15 is 0 Å². The highest BCUT2D eigenvalue weighted by Gasteiger charge is 2.16.